The van der Waals surface area contributed by atoms with Gasteiger partial charge in [-0.25, -0.2) is 22.5 Å². The van der Waals surface area contributed by atoms with Crippen LogP contribution in [0, 0.1) is 5.82 Å². The Hall–Kier alpha value is -1.22. The fraction of sp³-hybridized carbons (Fsp3) is 0. The van der Waals surface area contributed by atoms with Gasteiger partial charge >= 0.3 is 0 Å². The van der Waals surface area contributed by atoms with Gasteiger partial charge in [0, 0.05) is 6.20 Å². The Morgan fingerprint density at radius 2 is 1.95 bits per heavy atom. The van der Waals surface area contributed by atoms with Crippen LogP contribution in [0.5, 0.6) is 0 Å². The molecule has 0 saturated carbocycles. The molecule has 0 bridgehead atoms. The first-order valence-electron chi connectivity index (χ1n) is 5.54. The smallest absolute Gasteiger partial charge is 0.266 e. The quantitative estimate of drug-likeness (QED) is 0.761. The van der Waals surface area contributed by atoms with Crippen molar-refractivity contribution >= 4 is 55.1 Å². The Kier molecular flexibility index (Phi) is 5.06. The Morgan fingerprint density at radius 1 is 1.27 bits per heavy atom. The number of hydrogen-bond acceptors (Lipinski definition) is 4. The van der Waals surface area contributed by atoms with E-state index in [1.807, 2.05) is 4.72 Å². The highest BCUT2D eigenvalue weighted by molar-refractivity contribution is 9.10. The molecule has 0 atom stereocenters. The predicted molar refractivity (Wildman–Crippen MR) is 83.0 cm³/mol. The summed E-state index contributed by atoms with van der Waals surface area (Å²) >= 11 is 14.4. The van der Waals surface area contributed by atoms with Crippen LogP contribution in [-0.4, -0.2) is 19.3 Å². The lowest BCUT2D eigenvalue weighted by Crippen LogP contribution is -2.30. The van der Waals surface area contributed by atoms with Crippen molar-refractivity contribution in [1.29, 1.82) is 0 Å². The van der Waals surface area contributed by atoms with Crippen molar-refractivity contribution in [3.63, 3.8) is 0 Å². The van der Waals surface area contributed by atoms with Crippen LogP contribution in [0.1, 0.15) is 10.4 Å². The number of amides is 1. The molecular weight excluding hydrogens is 422 g/mol. The second-order valence-corrected chi connectivity index (χ2v) is 7.30. The zero-order valence-corrected chi connectivity index (χ0v) is 14.4. The first kappa shape index (κ1) is 17.1. The third-order valence-electron chi connectivity index (χ3n) is 2.48. The maximum absolute atomic E-state index is 12.9. The predicted octanol–water partition coefficient (Wildman–Crippen LogP) is 3.41. The molecule has 0 aliphatic heterocycles. The third kappa shape index (κ3) is 3.75. The van der Waals surface area contributed by atoms with Crippen LogP contribution in [0.4, 0.5) is 4.39 Å². The highest BCUT2D eigenvalue weighted by Crippen LogP contribution is 2.23. The van der Waals surface area contributed by atoms with E-state index in [0.29, 0.717) is 0 Å². The zero-order chi connectivity index (χ0) is 16.5. The van der Waals surface area contributed by atoms with E-state index in [-0.39, 0.29) is 25.1 Å². The van der Waals surface area contributed by atoms with Crippen molar-refractivity contribution in [2.24, 2.45) is 0 Å². The summed E-state index contributed by atoms with van der Waals surface area (Å²) in [5, 5.41) is -0.130. The van der Waals surface area contributed by atoms with E-state index in [9.17, 15) is 17.6 Å². The lowest BCUT2D eigenvalue weighted by Gasteiger charge is -2.08. The molecule has 1 amide bonds. The summed E-state index contributed by atoms with van der Waals surface area (Å²) in [5.41, 5.74) is -0.173. The maximum atomic E-state index is 12.9. The Bertz CT molecular complexity index is 861. The van der Waals surface area contributed by atoms with E-state index in [4.69, 9.17) is 23.2 Å². The van der Waals surface area contributed by atoms with E-state index >= 15 is 0 Å². The minimum Gasteiger partial charge on any atom is -0.268 e. The minimum atomic E-state index is -4.18. The van der Waals surface area contributed by atoms with Crippen molar-refractivity contribution < 1.29 is 17.6 Å². The van der Waals surface area contributed by atoms with Gasteiger partial charge in [0.2, 0.25) is 0 Å². The van der Waals surface area contributed by atoms with Crippen LogP contribution in [0.3, 0.4) is 0 Å². The van der Waals surface area contributed by atoms with Crippen molar-refractivity contribution in [3.8, 4) is 0 Å². The van der Waals surface area contributed by atoms with E-state index in [2.05, 4.69) is 20.9 Å². The summed E-state index contributed by atoms with van der Waals surface area (Å²) in [6, 6.07) is 4.17. The number of carbonyl (C=O) groups excluding carboxylic acids is 1. The third-order valence-corrected chi connectivity index (χ3v) is 5.23. The van der Waals surface area contributed by atoms with Crippen LogP contribution < -0.4 is 4.72 Å². The van der Waals surface area contributed by atoms with Gasteiger partial charge in [-0.3, -0.25) is 4.79 Å². The molecule has 0 radical (unpaired) electrons. The van der Waals surface area contributed by atoms with Gasteiger partial charge in [0.1, 0.15) is 15.9 Å². The summed E-state index contributed by atoms with van der Waals surface area (Å²) in [4.78, 5) is 15.4. The topological polar surface area (TPSA) is 76.1 Å². The van der Waals surface area contributed by atoms with Gasteiger partial charge in [0.15, 0.2) is 0 Å². The molecule has 0 aliphatic rings. The van der Waals surface area contributed by atoms with Crippen LogP contribution in [0.2, 0.25) is 10.2 Å². The van der Waals surface area contributed by atoms with Gasteiger partial charge in [0.05, 0.1) is 15.1 Å². The van der Waals surface area contributed by atoms with Gasteiger partial charge in [-0.05, 0) is 40.2 Å². The molecule has 5 nitrogen and oxygen atoms in total. The fourth-order valence-electron chi connectivity index (χ4n) is 1.46. The van der Waals surface area contributed by atoms with Crippen LogP contribution in [0.15, 0.2) is 39.8 Å². The summed E-state index contributed by atoms with van der Waals surface area (Å²) in [7, 11) is -4.18. The molecule has 22 heavy (non-hydrogen) atoms. The zero-order valence-electron chi connectivity index (χ0n) is 10.5. The lowest BCUT2D eigenvalue weighted by atomic mass is 10.2. The summed E-state index contributed by atoms with van der Waals surface area (Å²) in [5.74, 6) is -1.63. The van der Waals surface area contributed by atoms with Crippen LogP contribution >= 0.6 is 39.1 Å². The standard InChI is InChI=1S/C12H6BrCl2FN2O3S/c13-9-4-7(5-17-11(9)15)22(20,21)18-12(19)8-2-1-6(16)3-10(8)14/h1-5H,(H,18,19). The van der Waals surface area contributed by atoms with Crippen LogP contribution in [0.25, 0.3) is 0 Å². The molecule has 116 valence electrons. The largest absolute Gasteiger partial charge is 0.268 e. The number of sulfonamides is 1. The molecule has 1 aromatic heterocycles. The Morgan fingerprint density at radius 3 is 2.55 bits per heavy atom. The monoisotopic (exact) mass is 426 g/mol. The van der Waals surface area contributed by atoms with Crippen molar-refractivity contribution in [3.05, 3.63) is 56.5 Å². The number of hydrogen-bond donors (Lipinski definition) is 1. The molecule has 1 aromatic carbocycles. The Labute approximate surface area is 143 Å². The van der Waals surface area contributed by atoms with E-state index in [1.165, 1.54) is 6.07 Å². The first-order valence-corrected chi connectivity index (χ1v) is 8.57. The number of nitrogens with zero attached hydrogens (tertiary/aromatic N) is 1. The molecule has 1 heterocycles. The average molecular weight is 428 g/mol. The molecule has 10 heteroatoms. The number of rotatable bonds is 3. The van der Waals surface area contributed by atoms with Gasteiger partial charge in [-0.2, -0.15) is 0 Å². The molecule has 0 unspecified atom stereocenters. The molecule has 0 aliphatic carbocycles. The summed E-state index contributed by atoms with van der Waals surface area (Å²) < 4.78 is 39.2. The molecular formula is C12H6BrCl2FN2O3S. The van der Waals surface area contributed by atoms with E-state index in [0.717, 1.165) is 24.4 Å². The second kappa shape index (κ2) is 6.49. The normalized spacial score (nSPS) is 11.3. The Balaban J connectivity index is 2.31. The van der Waals surface area contributed by atoms with Gasteiger partial charge < -0.3 is 0 Å². The molecule has 1 N–H and O–H groups in total. The maximum Gasteiger partial charge on any atom is 0.266 e. The number of nitrogens with one attached hydrogen (secondary N) is 1. The summed E-state index contributed by atoms with van der Waals surface area (Å²) in [6.45, 7) is 0. The molecule has 2 aromatic rings. The van der Waals surface area contributed by atoms with Crippen LogP contribution in [-0.2, 0) is 10.0 Å². The highest BCUT2D eigenvalue weighted by Gasteiger charge is 2.21. The van der Waals surface area contributed by atoms with Gasteiger partial charge in [-0.15, -0.1) is 0 Å². The average Bonchev–Trinajstić information content (AvgIpc) is 2.40. The second-order valence-electron chi connectivity index (χ2n) is 4.00. The van der Waals surface area contributed by atoms with Crippen molar-refractivity contribution in [2.75, 3.05) is 0 Å². The number of pyridine rings is 1. The van der Waals surface area contributed by atoms with E-state index < -0.39 is 21.7 Å². The number of benzene rings is 1. The van der Waals surface area contributed by atoms with Crippen molar-refractivity contribution in [1.82, 2.24) is 9.71 Å². The van der Waals surface area contributed by atoms with E-state index in [1.54, 1.807) is 0 Å². The van der Waals surface area contributed by atoms with Gasteiger partial charge in [0.25, 0.3) is 15.9 Å². The molecule has 0 fully saturated rings. The number of halogens is 4. The molecule has 0 spiro atoms. The SMILES string of the molecule is O=C(NS(=O)(=O)c1cnc(Cl)c(Br)c1)c1ccc(F)cc1Cl. The van der Waals surface area contributed by atoms with Crippen molar-refractivity contribution in [2.45, 2.75) is 4.90 Å². The number of aromatic nitrogens is 1. The lowest BCUT2D eigenvalue weighted by molar-refractivity contribution is 0.0981. The highest BCUT2D eigenvalue weighted by atomic mass is 79.9. The summed E-state index contributed by atoms with van der Waals surface area (Å²) in [6.07, 6.45) is 0.995. The minimum absolute atomic E-state index is 0.0758. The first-order chi connectivity index (χ1) is 10.2. The molecule has 2 rings (SSSR count). The number of carbonyl (C=O) groups is 1. The van der Waals surface area contributed by atoms with Gasteiger partial charge in [-0.1, -0.05) is 23.2 Å². The molecule has 0 saturated heterocycles. The fourth-order valence-corrected chi connectivity index (χ4v) is 3.25.